The molecule has 1 saturated carbocycles. The van der Waals surface area contributed by atoms with Crippen molar-refractivity contribution in [3.63, 3.8) is 0 Å². The van der Waals surface area contributed by atoms with Gasteiger partial charge in [0.1, 0.15) is 10.1 Å². The second-order valence-electron chi connectivity index (χ2n) is 10.7. The molecule has 0 spiro atoms. The summed E-state index contributed by atoms with van der Waals surface area (Å²) in [4.78, 5) is 33.3. The number of carbonyl (C=O) groups is 2. The number of aromatic nitrogens is 1. The molecule has 2 heterocycles. The molecular formula is C32H33Cl2N3O3S3. The van der Waals surface area contributed by atoms with E-state index in [0.29, 0.717) is 50.2 Å². The fourth-order valence-electron chi connectivity index (χ4n) is 5.18. The molecule has 0 bridgehead atoms. The highest BCUT2D eigenvalue weighted by atomic mass is 35.5. The lowest BCUT2D eigenvalue weighted by Crippen LogP contribution is -2.29. The van der Waals surface area contributed by atoms with Crippen LogP contribution in [0.15, 0.2) is 53.6 Å². The van der Waals surface area contributed by atoms with E-state index in [4.69, 9.17) is 40.2 Å². The number of anilines is 1. The largest absolute Gasteiger partial charge is 0.490 e. The molecule has 2 fully saturated rings. The van der Waals surface area contributed by atoms with Crippen molar-refractivity contribution in [3.05, 3.63) is 79.6 Å². The summed E-state index contributed by atoms with van der Waals surface area (Å²) in [5.41, 5.74) is 1.89. The number of rotatable bonds is 12. The fraction of sp³-hybridized carbons (Fsp3) is 0.375. The number of unbranched alkanes of at least 4 members (excludes halogenated alkanes) is 2. The molecule has 2 aliphatic rings. The maximum absolute atomic E-state index is 13.2. The second-order valence-corrected chi connectivity index (χ2v) is 14.4. The zero-order valence-electron chi connectivity index (χ0n) is 23.7. The molecule has 6 nitrogen and oxygen atoms in total. The maximum Gasteiger partial charge on any atom is 0.266 e. The van der Waals surface area contributed by atoms with Gasteiger partial charge in [0, 0.05) is 46.1 Å². The lowest BCUT2D eigenvalue weighted by molar-refractivity contribution is -0.122. The Labute approximate surface area is 276 Å². The van der Waals surface area contributed by atoms with Gasteiger partial charge in [-0.05, 0) is 74.4 Å². The summed E-state index contributed by atoms with van der Waals surface area (Å²) in [6.07, 6.45) is 13.0. The SMILES string of the molecule is O=C(CCCCCN1C(=O)/C(=C/c2ccccc2OC2CCCCC2)SC1=S)Nc1ncc(Cc2cc(Cl)cc(Cl)c2)s1. The van der Waals surface area contributed by atoms with Crippen molar-refractivity contribution in [1.29, 1.82) is 0 Å². The van der Waals surface area contributed by atoms with Crippen LogP contribution in [0.5, 0.6) is 5.75 Å². The Bertz CT molecular complexity index is 1480. The first kappa shape index (κ1) is 32.0. The van der Waals surface area contributed by atoms with Gasteiger partial charge in [0.2, 0.25) is 5.91 Å². The summed E-state index contributed by atoms with van der Waals surface area (Å²) >= 11 is 20.5. The van der Waals surface area contributed by atoms with Crippen LogP contribution in [0, 0.1) is 0 Å². The summed E-state index contributed by atoms with van der Waals surface area (Å²) in [6, 6.07) is 13.3. The van der Waals surface area contributed by atoms with Gasteiger partial charge in [-0.1, -0.05) is 78.2 Å². The number of halogens is 2. The Morgan fingerprint density at radius 3 is 2.65 bits per heavy atom. The van der Waals surface area contributed by atoms with E-state index >= 15 is 0 Å². The molecule has 1 aromatic heterocycles. The summed E-state index contributed by atoms with van der Waals surface area (Å²) in [5, 5.41) is 4.64. The number of carbonyl (C=O) groups excluding carboxylic acids is 2. The summed E-state index contributed by atoms with van der Waals surface area (Å²) < 4.78 is 6.88. The van der Waals surface area contributed by atoms with E-state index in [9.17, 15) is 9.59 Å². The van der Waals surface area contributed by atoms with E-state index < -0.39 is 0 Å². The second kappa shape index (κ2) is 15.5. The third-order valence-electron chi connectivity index (χ3n) is 7.31. The van der Waals surface area contributed by atoms with E-state index in [1.165, 1.54) is 42.4 Å². The van der Waals surface area contributed by atoms with Gasteiger partial charge in [-0.2, -0.15) is 0 Å². The van der Waals surface area contributed by atoms with Crippen molar-refractivity contribution in [3.8, 4) is 5.75 Å². The summed E-state index contributed by atoms with van der Waals surface area (Å²) in [7, 11) is 0. The van der Waals surface area contributed by atoms with Crippen molar-refractivity contribution in [2.45, 2.75) is 70.3 Å². The van der Waals surface area contributed by atoms with Crippen LogP contribution in [-0.2, 0) is 16.0 Å². The van der Waals surface area contributed by atoms with Crippen LogP contribution in [0.1, 0.15) is 73.8 Å². The van der Waals surface area contributed by atoms with Gasteiger partial charge >= 0.3 is 0 Å². The predicted molar refractivity (Wildman–Crippen MR) is 182 cm³/mol. The van der Waals surface area contributed by atoms with Crippen LogP contribution in [0.4, 0.5) is 5.13 Å². The number of hydrogen-bond donors (Lipinski definition) is 1. The monoisotopic (exact) mass is 673 g/mol. The number of thioether (sulfide) groups is 1. The Balaban J connectivity index is 1.05. The van der Waals surface area contributed by atoms with Crippen LogP contribution >= 0.6 is 58.5 Å². The van der Waals surface area contributed by atoms with E-state index in [1.807, 2.05) is 42.5 Å². The molecule has 43 heavy (non-hydrogen) atoms. The number of benzene rings is 2. The van der Waals surface area contributed by atoms with Crippen molar-refractivity contribution in [2.24, 2.45) is 0 Å². The molecule has 1 N–H and O–H groups in total. The highest BCUT2D eigenvalue weighted by Crippen LogP contribution is 2.35. The van der Waals surface area contributed by atoms with Gasteiger partial charge in [-0.3, -0.25) is 14.5 Å². The average Bonchev–Trinajstić information content (AvgIpc) is 3.52. The van der Waals surface area contributed by atoms with Gasteiger partial charge in [0.05, 0.1) is 11.0 Å². The number of thiocarbonyl (C=S) groups is 1. The van der Waals surface area contributed by atoms with Gasteiger partial charge in [0.15, 0.2) is 5.13 Å². The van der Waals surface area contributed by atoms with Crippen molar-refractivity contribution in [2.75, 3.05) is 11.9 Å². The number of nitrogens with one attached hydrogen (secondary N) is 1. The highest BCUT2D eigenvalue weighted by Gasteiger charge is 2.31. The van der Waals surface area contributed by atoms with Crippen molar-refractivity contribution in [1.82, 2.24) is 9.88 Å². The van der Waals surface area contributed by atoms with Gasteiger partial charge in [0.25, 0.3) is 5.91 Å². The first-order chi connectivity index (χ1) is 20.8. The predicted octanol–water partition coefficient (Wildman–Crippen LogP) is 9.15. The minimum Gasteiger partial charge on any atom is -0.490 e. The van der Waals surface area contributed by atoms with Crippen LogP contribution < -0.4 is 10.1 Å². The molecule has 0 atom stereocenters. The number of ether oxygens (including phenoxy) is 1. The first-order valence-corrected chi connectivity index (χ1v) is 17.3. The molecule has 11 heteroatoms. The Kier molecular flexibility index (Phi) is 11.5. The molecule has 2 aromatic carbocycles. The first-order valence-electron chi connectivity index (χ1n) is 14.5. The normalized spacial score (nSPS) is 16.7. The fourth-order valence-corrected chi connectivity index (χ4v) is 7.91. The molecule has 5 rings (SSSR count). The van der Waals surface area contributed by atoms with Crippen LogP contribution in [-0.4, -0.2) is 38.7 Å². The standard InChI is InChI=1S/C32H33Cl2N3O3S3/c33-23-15-21(16-24(34)19-23)17-26-20-35-31(42-26)36-29(38)13-5-2-8-14-37-30(39)28(43-32(37)41)18-22-9-6-7-12-27(22)40-25-10-3-1-4-11-25/h6-7,9,12,15-16,18-20,25H,1-5,8,10-11,13-14,17H2,(H,35,36,38)/b28-18-. The highest BCUT2D eigenvalue weighted by molar-refractivity contribution is 8.26. The van der Waals surface area contributed by atoms with Crippen LogP contribution in [0.25, 0.3) is 6.08 Å². The van der Waals surface area contributed by atoms with Crippen molar-refractivity contribution >= 4 is 85.9 Å². The number of nitrogens with zero attached hydrogens (tertiary/aromatic N) is 2. The summed E-state index contributed by atoms with van der Waals surface area (Å²) in [6.45, 7) is 0.535. The molecular weight excluding hydrogens is 641 g/mol. The number of amides is 2. The lowest BCUT2D eigenvalue weighted by atomic mass is 9.97. The number of para-hydroxylation sites is 1. The number of hydrogen-bond acceptors (Lipinski definition) is 7. The quantitative estimate of drug-likeness (QED) is 0.117. The number of thiazole rings is 1. The molecule has 226 valence electrons. The zero-order chi connectivity index (χ0) is 30.2. The maximum atomic E-state index is 13.2. The molecule has 1 aliphatic carbocycles. The third kappa shape index (κ3) is 9.28. The minimum atomic E-state index is -0.0747. The van der Waals surface area contributed by atoms with E-state index in [2.05, 4.69) is 10.3 Å². The Morgan fingerprint density at radius 1 is 1.09 bits per heavy atom. The van der Waals surface area contributed by atoms with E-state index in [-0.39, 0.29) is 17.9 Å². The van der Waals surface area contributed by atoms with E-state index in [0.717, 1.165) is 47.4 Å². The van der Waals surface area contributed by atoms with E-state index in [1.54, 1.807) is 17.2 Å². The Hall–Kier alpha value is -2.43. The molecule has 3 aromatic rings. The Morgan fingerprint density at radius 2 is 1.86 bits per heavy atom. The average molecular weight is 675 g/mol. The van der Waals surface area contributed by atoms with Crippen LogP contribution in [0.2, 0.25) is 10.0 Å². The van der Waals surface area contributed by atoms with Gasteiger partial charge in [-0.25, -0.2) is 4.98 Å². The third-order valence-corrected chi connectivity index (χ3v) is 10.0. The molecule has 1 aliphatic heterocycles. The van der Waals surface area contributed by atoms with Crippen LogP contribution in [0.3, 0.4) is 0 Å². The van der Waals surface area contributed by atoms with Gasteiger partial charge < -0.3 is 10.1 Å². The van der Waals surface area contributed by atoms with Crippen molar-refractivity contribution < 1.29 is 14.3 Å². The zero-order valence-corrected chi connectivity index (χ0v) is 27.6. The molecule has 1 saturated heterocycles. The molecule has 2 amide bonds. The molecule has 0 radical (unpaired) electrons. The smallest absolute Gasteiger partial charge is 0.266 e. The topological polar surface area (TPSA) is 71.5 Å². The molecule has 0 unspecified atom stereocenters. The summed E-state index contributed by atoms with van der Waals surface area (Å²) in [5.74, 6) is 0.673. The minimum absolute atomic E-state index is 0.0696. The van der Waals surface area contributed by atoms with Gasteiger partial charge in [-0.15, -0.1) is 11.3 Å². The lowest BCUT2D eigenvalue weighted by Gasteiger charge is -2.23.